The van der Waals surface area contributed by atoms with Gasteiger partial charge in [0.05, 0.1) is 18.2 Å². The van der Waals surface area contributed by atoms with E-state index in [4.69, 9.17) is 9.47 Å². The summed E-state index contributed by atoms with van der Waals surface area (Å²) >= 11 is 1.62. The molecule has 0 aliphatic carbocycles. The molecule has 0 saturated carbocycles. The van der Waals surface area contributed by atoms with E-state index in [1.165, 1.54) is 0 Å². The van der Waals surface area contributed by atoms with Gasteiger partial charge >= 0.3 is 6.09 Å². The van der Waals surface area contributed by atoms with Gasteiger partial charge in [-0.05, 0) is 55.7 Å². The first-order chi connectivity index (χ1) is 15.8. The van der Waals surface area contributed by atoms with Gasteiger partial charge in [0, 0.05) is 35.8 Å². The van der Waals surface area contributed by atoms with Gasteiger partial charge in [-0.1, -0.05) is 30.3 Å². The molecule has 33 heavy (non-hydrogen) atoms. The molecular formula is C26H28N2O4S. The third-order valence-corrected chi connectivity index (χ3v) is 6.25. The average molecular weight is 465 g/mol. The fourth-order valence-electron chi connectivity index (χ4n) is 3.57. The van der Waals surface area contributed by atoms with E-state index in [0.29, 0.717) is 18.9 Å². The van der Waals surface area contributed by atoms with Crippen molar-refractivity contribution < 1.29 is 14.3 Å². The third kappa shape index (κ3) is 6.21. The molecule has 3 aromatic rings. The van der Waals surface area contributed by atoms with Gasteiger partial charge in [0.15, 0.2) is 5.43 Å². The summed E-state index contributed by atoms with van der Waals surface area (Å²) in [6.07, 6.45) is -0.479. The molecule has 6 nitrogen and oxygen atoms in total. The molecule has 1 aromatic heterocycles. The number of ether oxygens (including phenoxy) is 2. The van der Waals surface area contributed by atoms with Crippen molar-refractivity contribution in [3.05, 3.63) is 70.9 Å². The normalized spacial score (nSPS) is 14.1. The Balaban J connectivity index is 1.54. The second-order valence-corrected chi connectivity index (χ2v) is 9.94. The number of carbonyl (C=O) groups is 1. The van der Waals surface area contributed by atoms with Crippen molar-refractivity contribution in [3.63, 3.8) is 0 Å². The number of rotatable bonds is 4. The molecule has 1 aliphatic heterocycles. The minimum absolute atomic E-state index is 0.00761. The van der Waals surface area contributed by atoms with Crippen molar-refractivity contribution in [3.8, 4) is 21.6 Å². The van der Waals surface area contributed by atoms with Crippen molar-refractivity contribution >= 4 is 28.1 Å². The first-order valence-corrected chi connectivity index (χ1v) is 11.8. The van der Waals surface area contributed by atoms with E-state index in [9.17, 15) is 9.59 Å². The van der Waals surface area contributed by atoms with Gasteiger partial charge in [-0.15, -0.1) is 11.3 Å². The molecule has 1 amide bonds. The molecule has 7 heteroatoms. The van der Waals surface area contributed by atoms with Crippen LogP contribution in [-0.4, -0.2) is 38.0 Å². The predicted octanol–water partition coefficient (Wildman–Crippen LogP) is 5.63. The first kappa shape index (κ1) is 23.0. The van der Waals surface area contributed by atoms with Crippen LogP contribution in [0.15, 0.2) is 65.5 Å². The Morgan fingerprint density at radius 2 is 1.67 bits per heavy atom. The lowest BCUT2D eigenvalue weighted by molar-refractivity contribution is 0.0636. The van der Waals surface area contributed by atoms with E-state index in [-0.39, 0.29) is 5.43 Å². The Morgan fingerprint density at radius 1 is 0.970 bits per heavy atom. The first-order valence-electron chi connectivity index (χ1n) is 11.0. The maximum absolute atomic E-state index is 12.4. The summed E-state index contributed by atoms with van der Waals surface area (Å²) in [6.45, 7) is 8.44. The van der Waals surface area contributed by atoms with Crippen LogP contribution in [0.25, 0.3) is 21.6 Å². The lowest BCUT2D eigenvalue weighted by Gasteiger charge is -2.28. The predicted molar refractivity (Wildman–Crippen MR) is 134 cm³/mol. The van der Waals surface area contributed by atoms with Crippen LogP contribution in [-0.2, 0) is 9.47 Å². The third-order valence-electron chi connectivity index (χ3n) is 5.09. The Hall–Kier alpha value is -3.16. The molecule has 172 valence electrons. The van der Waals surface area contributed by atoms with E-state index in [2.05, 4.69) is 16.3 Å². The molecule has 2 aromatic carbocycles. The zero-order valence-electron chi connectivity index (χ0n) is 19.1. The minimum atomic E-state index is -0.547. The maximum Gasteiger partial charge on any atom is 0.412 e. The number of morpholine rings is 1. The van der Waals surface area contributed by atoms with Crippen molar-refractivity contribution in [1.82, 2.24) is 0 Å². The number of carbonyl (C=O) groups excluding carboxylic acids is 1. The van der Waals surface area contributed by atoms with Crippen LogP contribution in [0.3, 0.4) is 0 Å². The van der Waals surface area contributed by atoms with Gasteiger partial charge in [0.1, 0.15) is 5.60 Å². The Kier molecular flexibility index (Phi) is 6.81. The molecule has 0 bridgehead atoms. The lowest BCUT2D eigenvalue weighted by Crippen LogP contribution is -2.36. The number of nitrogens with one attached hydrogen (secondary N) is 1. The van der Waals surface area contributed by atoms with Crippen LogP contribution in [0.5, 0.6) is 0 Å². The van der Waals surface area contributed by atoms with Gasteiger partial charge < -0.3 is 14.4 Å². The maximum atomic E-state index is 12.4. The fourth-order valence-corrected chi connectivity index (χ4v) is 4.70. The number of amides is 1. The highest BCUT2D eigenvalue weighted by atomic mass is 32.1. The van der Waals surface area contributed by atoms with Crippen LogP contribution in [0.1, 0.15) is 20.8 Å². The van der Waals surface area contributed by atoms with E-state index in [1.54, 1.807) is 23.5 Å². The molecule has 2 heterocycles. The van der Waals surface area contributed by atoms with E-state index >= 15 is 0 Å². The van der Waals surface area contributed by atoms with Gasteiger partial charge in [-0.25, -0.2) is 4.79 Å². The molecule has 0 spiro atoms. The highest BCUT2D eigenvalue weighted by Gasteiger charge is 2.16. The Bertz CT molecular complexity index is 1180. The van der Waals surface area contributed by atoms with Gasteiger partial charge in [-0.3, -0.25) is 10.1 Å². The summed E-state index contributed by atoms with van der Waals surface area (Å²) in [7, 11) is 0. The Morgan fingerprint density at radius 3 is 2.36 bits per heavy atom. The second kappa shape index (κ2) is 9.77. The summed E-state index contributed by atoms with van der Waals surface area (Å²) < 4.78 is 10.7. The van der Waals surface area contributed by atoms with Crippen LogP contribution >= 0.6 is 11.3 Å². The molecule has 1 aliphatic rings. The summed E-state index contributed by atoms with van der Waals surface area (Å²) in [5, 5.41) is 3.73. The molecule has 0 unspecified atom stereocenters. The van der Waals surface area contributed by atoms with E-state index in [0.717, 1.165) is 39.7 Å². The summed E-state index contributed by atoms with van der Waals surface area (Å²) in [5.41, 5.74) is 3.18. The van der Waals surface area contributed by atoms with Crippen LogP contribution in [0.2, 0.25) is 0 Å². The average Bonchev–Trinajstić information content (AvgIpc) is 2.78. The summed E-state index contributed by atoms with van der Waals surface area (Å²) in [5.74, 6) is 0. The number of hydrogen-bond donors (Lipinski definition) is 1. The lowest BCUT2D eigenvalue weighted by atomic mass is 10.0. The van der Waals surface area contributed by atoms with Crippen LogP contribution in [0.4, 0.5) is 15.5 Å². The van der Waals surface area contributed by atoms with E-state index in [1.807, 2.05) is 63.2 Å². The van der Waals surface area contributed by atoms with Crippen LogP contribution in [0, 0.1) is 0 Å². The topological polar surface area (TPSA) is 67.9 Å². The monoisotopic (exact) mass is 464 g/mol. The molecule has 4 rings (SSSR count). The zero-order chi connectivity index (χ0) is 23.4. The molecular weight excluding hydrogens is 436 g/mol. The molecule has 0 radical (unpaired) electrons. The number of benzene rings is 2. The Labute approximate surface area is 197 Å². The standard InChI is InChI=1S/C26H28N2O4S/c1-26(2,3)32-25(30)27-21-9-7-18(8-10-21)19-5-4-6-20(15-19)23-16-22(29)17-24(33-23)28-11-13-31-14-12-28/h4-10,15-17H,11-14H2,1-3H3,(H,27,30). The molecule has 1 fully saturated rings. The summed E-state index contributed by atoms with van der Waals surface area (Å²) in [4.78, 5) is 27.5. The minimum Gasteiger partial charge on any atom is -0.444 e. The number of hydrogen-bond acceptors (Lipinski definition) is 6. The zero-order valence-corrected chi connectivity index (χ0v) is 19.9. The van der Waals surface area contributed by atoms with Crippen molar-refractivity contribution in [2.45, 2.75) is 26.4 Å². The highest BCUT2D eigenvalue weighted by molar-refractivity contribution is 7.19. The molecule has 1 saturated heterocycles. The van der Waals surface area contributed by atoms with Crippen molar-refractivity contribution in [1.29, 1.82) is 0 Å². The van der Waals surface area contributed by atoms with Gasteiger partial charge in [0.25, 0.3) is 0 Å². The SMILES string of the molecule is CC(C)(C)OC(=O)Nc1ccc(-c2cccc(-c3cc(=O)cc(N4CCOCC4)s3)c2)cc1. The quantitative estimate of drug-likeness (QED) is 0.542. The molecule has 1 N–H and O–H groups in total. The van der Waals surface area contributed by atoms with Gasteiger partial charge in [-0.2, -0.15) is 0 Å². The van der Waals surface area contributed by atoms with Gasteiger partial charge in [0.2, 0.25) is 0 Å². The summed E-state index contributed by atoms with van der Waals surface area (Å²) in [6, 6.07) is 19.2. The number of nitrogens with zero attached hydrogens (tertiary/aromatic N) is 1. The largest absolute Gasteiger partial charge is 0.444 e. The second-order valence-electron chi connectivity index (χ2n) is 8.88. The molecule has 0 atom stereocenters. The van der Waals surface area contributed by atoms with E-state index < -0.39 is 11.7 Å². The highest BCUT2D eigenvalue weighted by Crippen LogP contribution is 2.33. The number of anilines is 2. The fraction of sp³-hybridized carbons (Fsp3) is 0.308. The smallest absolute Gasteiger partial charge is 0.412 e. The van der Waals surface area contributed by atoms with Crippen LogP contribution < -0.4 is 15.6 Å². The van der Waals surface area contributed by atoms with Crippen molar-refractivity contribution in [2.24, 2.45) is 0 Å². The van der Waals surface area contributed by atoms with Crippen molar-refractivity contribution in [2.75, 3.05) is 36.5 Å².